The quantitative estimate of drug-likeness (QED) is 0.542. The summed E-state index contributed by atoms with van der Waals surface area (Å²) in [5.74, 6) is 2.53. The minimum atomic E-state index is -0.582. The monoisotopic (exact) mass is 463 g/mol. The molecule has 0 radical (unpaired) electrons. The van der Waals surface area contributed by atoms with E-state index in [1.807, 2.05) is 24.3 Å². The number of hydrogen-bond donors (Lipinski definition) is 1. The third-order valence-electron chi connectivity index (χ3n) is 7.07. The van der Waals surface area contributed by atoms with E-state index >= 15 is 0 Å². The van der Waals surface area contributed by atoms with Crippen LogP contribution in [0.5, 0.6) is 11.5 Å². The maximum atomic E-state index is 12.8. The number of likely N-dealkylation sites (N-methyl/N-ethyl adjacent to an activating group) is 1. The second kappa shape index (κ2) is 11.0. The molecule has 0 amide bonds. The van der Waals surface area contributed by atoms with Crippen molar-refractivity contribution >= 4 is 5.78 Å². The lowest BCUT2D eigenvalue weighted by Gasteiger charge is -2.42. The van der Waals surface area contributed by atoms with Gasteiger partial charge in [-0.2, -0.15) is 5.26 Å². The van der Waals surface area contributed by atoms with Crippen molar-refractivity contribution in [2.75, 3.05) is 46.9 Å². The third-order valence-corrected chi connectivity index (χ3v) is 7.07. The van der Waals surface area contributed by atoms with Crippen molar-refractivity contribution in [3.63, 3.8) is 0 Å². The average Bonchev–Trinajstić information content (AvgIpc) is 3.13. The Labute approximate surface area is 201 Å². The number of hydrogen-bond acceptors (Lipinski definition) is 7. The molecule has 1 saturated heterocycles. The molecule has 0 aromatic heterocycles. The van der Waals surface area contributed by atoms with Crippen LogP contribution in [0.4, 0.5) is 0 Å². The van der Waals surface area contributed by atoms with Crippen molar-refractivity contribution in [2.45, 2.75) is 25.0 Å². The van der Waals surface area contributed by atoms with E-state index in [9.17, 15) is 9.90 Å². The van der Waals surface area contributed by atoms with Gasteiger partial charge in [0.1, 0.15) is 24.2 Å². The molecule has 2 bridgehead atoms. The van der Waals surface area contributed by atoms with Crippen LogP contribution in [0.15, 0.2) is 48.5 Å². The van der Waals surface area contributed by atoms with Crippen LogP contribution in [0.2, 0.25) is 0 Å². The van der Waals surface area contributed by atoms with Gasteiger partial charge in [-0.15, -0.1) is 0 Å². The predicted molar refractivity (Wildman–Crippen MR) is 129 cm³/mol. The molecule has 180 valence electrons. The number of methoxy groups -OCH3 is 1. The highest BCUT2D eigenvalue weighted by atomic mass is 16.5. The van der Waals surface area contributed by atoms with Crippen molar-refractivity contribution in [1.29, 1.82) is 5.26 Å². The fourth-order valence-corrected chi connectivity index (χ4v) is 5.53. The molecule has 7 nitrogen and oxygen atoms in total. The first kappa shape index (κ1) is 24.2. The highest BCUT2D eigenvalue weighted by Crippen LogP contribution is 2.39. The van der Waals surface area contributed by atoms with Crippen molar-refractivity contribution in [3.05, 3.63) is 59.7 Å². The maximum absolute atomic E-state index is 12.8. The normalized spacial score (nSPS) is 22.9. The number of rotatable bonds is 10. The summed E-state index contributed by atoms with van der Waals surface area (Å²) in [4.78, 5) is 17.4. The number of carbonyl (C=O) groups is 1. The van der Waals surface area contributed by atoms with Gasteiger partial charge in [0.15, 0.2) is 5.78 Å². The van der Waals surface area contributed by atoms with Crippen LogP contribution in [0.1, 0.15) is 28.8 Å². The molecular formula is C27H33N3O4. The van der Waals surface area contributed by atoms with Crippen LogP contribution in [0, 0.1) is 23.2 Å². The summed E-state index contributed by atoms with van der Waals surface area (Å²) >= 11 is 0. The second-order valence-corrected chi connectivity index (χ2v) is 9.47. The van der Waals surface area contributed by atoms with Crippen LogP contribution in [-0.4, -0.2) is 79.8 Å². The number of likely N-dealkylation sites (tertiary alicyclic amines) is 1. The summed E-state index contributed by atoms with van der Waals surface area (Å²) < 4.78 is 10.9. The topological polar surface area (TPSA) is 86.0 Å². The van der Waals surface area contributed by atoms with Crippen LogP contribution in [0.3, 0.4) is 0 Å². The summed E-state index contributed by atoms with van der Waals surface area (Å²) in [6.45, 7) is 3.05. The number of piperidine rings is 1. The molecule has 0 spiro atoms. The van der Waals surface area contributed by atoms with E-state index in [-0.39, 0.29) is 12.4 Å². The Morgan fingerprint density at radius 3 is 2.32 bits per heavy atom. The Morgan fingerprint density at radius 2 is 1.74 bits per heavy atom. The fourth-order valence-electron chi connectivity index (χ4n) is 5.53. The molecule has 7 heteroatoms. The largest absolute Gasteiger partial charge is 0.497 e. The molecule has 4 rings (SSSR count). The minimum absolute atomic E-state index is 0.127. The number of aliphatic hydroxyl groups is 1. The first-order valence-corrected chi connectivity index (χ1v) is 11.9. The zero-order valence-corrected chi connectivity index (χ0v) is 19.9. The van der Waals surface area contributed by atoms with Crippen LogP contribution >= 0.6 is 0 Å². The van der Waals surface area contributed by atoms with Gasteiger partial charge in [-0.05, 0) is 80.3 Å². The van der Waals surface area contributed by atoms with E-state index in [4.69, 9.17) is 14.7 Å². The van der Waals surface area contributed by atoms with Crippen LogP contribution in [0.25, 0.3) is 0 Å². The number of carbonyl (C=O) groups excluding carboxylic acids is 1. The van der Waals surface area contributed by atoms with E-state index in [1.54, 1.807) is 31.4 Å². The molecule has 3 atom stereocenters. The number of ether oxygens (including phenoxy) is 2. The van der Waals surface area contributed by atoms with Crippen molar-refractivity contribution in [2.24, 2.45) is 11.8 Å². The lowest BCUT2D eigenvalue weighted by molar-refractivity contribution is 0.0196. The first-order valence-electron chi connectivity index (χ1n) is 11.9. The number of Topliss-reactive ketones (excluding diaryl/α,β-unsaturated/α-hetero) is 1. The van der Waals surface area contributed by atoms with E-state index in [0.29, 0.717) is 47.8 Å². The molecule has 2 fully saturated rings. The van der Waals surface area contributed by atoms with Crippen molar-refractivity contribution in [1.82, 2.24) is 9.80 Å². The lowest BCUT2D eigenvalue weighted by atomic mass is 9.90. The van der Waals surface area contributed by atoms with Gasteiger partial charge < -0.3 is 14.6 Å². The van der Waals surface area contributed by atoms with Crippen LogP contribution in [-0.2, 0) is 0 Å². The Kier molecular flexibility index (Phi) is 7.84. The SMILES string of the molecule is COc1ccc(C(=O)CN(C)C2C3CCC2CN(CC(O)COc2ccc(C#N)cc2)C3)cc1. The molecule has 2 aromatic carbocycles. The number of nitrogens with zero attached hydrogens (tertiary/aromatic N) is 3. The van der Waals surface area contributed by atoms with Gasteiger partial charge in [0.25, 0.3) is 0 Å². The van der Waals surface area contributed by atoms with E-state index in [2.05, 4.69) is 22.9 Å². The second-order valence-electron chi connectivity index (χ2n) is 9.47. The minimum Gasteiger partial charge on any atom is -0.497 e. The van der Waals surface area contributed by atoms with Gasteiger partial charge in [-0.25, -0.2) is 0 Å². The zero-order chi connectivity index (χ0) is 24.1. The molecule has 2 aromatic rings. The standard InChI is InChI=1S/C27H33N3O4/c1-29(17-26(32)20-7-11-24(33-2)12-8-20)27-21-5-6-22(27)15-30(14-21)16-23(31)18-34-25-9-3-19(13-28)4-10-25/h3-4,7-12,21-23,27,31H,5-6,14-18H2,1-2H3. The van der Waals surface area contributed by atoms with E-state index < -0.39 is 6.10 Å². The Bertz CT molecular complexity index is 988. The lowest BCUT2D eigenvalue weighted by Crippen LogP contribution is -2.54. The van der Waals surface area contributed by atoms with Gasteiger partial charge in [-0.3, -0.25) is 14.6 Å². The number of aliphatic hydroxyl groups excluding tert-OH is 1. The summed E-state index contributed by atoms with van der Waals surface area (Å²) in [5, 5.41) is 19.4. The van der Waals surface area contributed by atoms with Crippen molar-refractivity contribution < 1.29 is 19.4 Å². The van der Waals surface area contributed by atoms with Crippen LogP contribution < -0.4 is 9.47 Å². The Morgan fingerprint density at radius 1 is 1.12 bits per heavy atom. The molecular weight excluding hydrogens is 430 g/mol. The highest BCUT2D eigenvalue weighted by molar-refractivity contribution is 5.97. The molecule has 34 heavy (non-hydrogen) atoms. The number of fused-ring (bicyclic) bond motifs is 2. The molecule has 1 heterocycles. The molecule has 3 unspecified atom stereocenters. The number of ketones is 1. The number of nitriles is 1. The number of β-amino-alcohol motifs (C(OH)–C–C–N with tert-alkyl or cyclic N) is 1. The number of benzene rings is 2. The summed E-state index contributed by atoms with van der Waals surface area (Å²) in [6.07, 6.45) is 1.73. The summed E-state index contributed by atoms with van der Waals surface area (Å²) in [7, 11) is 3.68. The van der Waals surface area contributed by atoms with Gasteiger partial charge in [0.2, 0.25) is 0 Å². The zero-order valence-electron chi connectivity index (χ0n) is 19.9. The predicted octanol–water partition coefficient (Wildman–Crippen LogP) is 2.83. The average molecular weight is 464 g/mol. The van der Waals surface area contributed by atoms with E-state index in [1.165, 1.54) is 0 Å². The first-order chi connectivity index (χ1) is 16.5. The van der Waals surface area contributed by atoms with Gasteiger partial charge in [0, 0.05) is 31.2 Å². The third kappa shape index (κ3) is 5.76. The Balaban J connectivity index is 1.26. The smallest absolute Gasteiger partial charge is 0.176 e. The fraction of sp³-hybridized carbons (Fsp3) is 0.481. The molecule has 1 saturated carbocycles. The summed E-state index contributed by atoms with van der Waals surface area (Å²) in [5.41, 5.74) is 1.30. The summed E-state index contributed by atoms with van der Waals surface area (Å²) in [6, 6.07) is 16.7. The molecule has 1 aliphatic heterocycles. The van der Waals surface area contributed by atoms with Crippen molar-refractivity contribution in [3.8, 4) is 17.6 Å². The van der Waals surface area contributed by atoms with E-state index in [0.717, 1.165) is 31.7 Å². The van der Waals surface area contributed by atoms with Gasteiger partial charge >= 0.3 is 0 Å². The van der Waals surface area contributed by atoms with Gasteiger partial charge in [-0.1, -0.05) is 0 Å². The highest BCUT2D eigenvalue weighted by Gasteiger charge is 2.44. The molecule has 2 aliphatic rings. The molecule has 1 N–H and O–H groups in total. The maximum Gasteiger partial charge on any atom is 0.176 e. The van der Waals surface area contributed by atoms with Gasteiger partial charge in [0.05, 0.1) is 25.3 Å². The molecule has 1 aliphatic carbocycles. The Hall–Kier alpha value is -2.92.